The number of carbonyl (C=O) groups excluding carboxylic acids is 1. The van der Waals surface area contributed by atoms with E-state index in [4.69, 9.17) is 10.8 Å². The average molecular weight is 334 g/mol. The fourth-order valence-electron chi connectivity index (χ4n) is 2.39. The molecule has 0 radical (unpaired) electrons. The molecule has 0 saturated carbocycles. The molecule has 0 aliphatic rings. The third-order valence-electron chi connectivity index (χ3n) is 3.67. The first kappa shape index (κ1) is 17.6. The Kier molecular flexibility index (Phi) is 5.30. The molecule has 1 atom stereocenters. The second kappa shape index (κ2) is 7.22. The Morgan fingerprint density at radius 3 is 2.75 bits per heavy atom. The lowest BCUT2D eigenvalue weighted by atomic mass is 10.0. The molecule has 8 heteroatoms. The molecule has 7 nitrogen and oxygen atoms in total. The van der Waals surface area contributed by atoms with E-state index < -0.39 is 23.7 Å². The molecule has 2 rings (SSSR count). The largest absolute Gasteiger partial charge is 0.480 e. The molecular formula is C16H19FN4O3. The number of aliphatic carboxylic acids is 1. The van der Waals surface area contributed by atoms with Gasteiger partial charge in [0.2, 0.25) is 0 Å². The Bertz CT molecular complexity index is 773. The number of hydrogen-bond acceptors (Lipinski definition) is 4. The molecule has 0 spiro atoms. The Morgan fingerprint density at radius 1 is 1.42 bits per heavy atom. The van der Waals surface area contributed by atoms with Crippen LogP contribution in [0, 0.1) is 5.82 Å². The van der Waals surface area contributed by atoms with E-state index in [1.165, 1.54) is 6.07 Å². The monoisotopic (exact) mass is 334 g/mol. The number of rotatable bonds is 6. The average Bonchev–Trinajstić information content (AvgIpc) is 2.92. The van der Waals surface area contributed by atoms with E-state index in [-0.39, 0.29) is 12.1 Å². The summed E-state index contributed by atoms with van der Waals surface area (Å²) in [5, 5.41) is 15.3. The summed E-state index contributed by atoms with van der Waals surface area (Å²) in [7, 11) is 1.79. The van der Waals surface area contributed by atoms with Crippen molar-refractivity contribution in [3.63, 3.8) is 0 Å². The van der Waals surface area contributed by atoms with Crippen molar-refractivity contribution < 1.29 is 19.1 Å². The second-order valence-corrected chi connectivity index (χ2v) is 5.37. The van der Waals surface area contributed by atoms with Crippen LogP contribution in [0.3, 0.4) is 0 Å². The molecule has 0 unspecified atom stereocenters. The van der Waals surface area contributed by atoms with Gasteiger partial charge in [0.15, 0.2) is 0 Å². The van der Waals surface area contributed by atoms with Crippen molar-refractivity contribution >= 4 is 11.9 Å². The number of benzene rings is 1. The highest BCUT2D eigenvalue weighted by Gasteiger charge is 2.16. The molecule has 0 fully saturated rings. The summed E-state index contributed by atoms with van der Waals surface area (Å²) in [4.78, 5) is 22.8. The first-order valence-corrected chi connectivity index (χ1v) is 7.42. The van der Waals surface area contributed by atoms with Gasteiger partial charge >= 0.3 is 5.97 Å². The number of amides is 1. The van der Waals surface area contributed by atoms with Gasteiger partial charge in [0.25, 0.3) is 5.91 Å². The highest BCUT2D eigenvalue weighted by molar-refractivity contribution is 5.95. The number of carboxylic acid groups (broad SMARTS) is 1. The van der Waals surface area contributed by atoms with Gasteiger partial charge in [-0.25, -0.2) is 4.39 Å². The van der Waals surface area contributed by atoms with E-state index in [0.717, 1.165) is 17.3 Å². The van der Waals surface area contributed by atoms with Crippen LogP contribution in [-0.2, 0) is 18.3 Å². The molecule has 24 heavy (non-hydrogen) atoms. The van der Waals surface area contributed by atoms with Gasteiger partial charge in [0, 0.05) is 30.4 Å². The van der Waals surface area contributed by atoms with E-state index >= 15 is 0 Å². The molecule has 0 aliphatic heterocycles. The SMILES string of the molecule is CCc1c(-c2cc(F)cc(C(=O)NC[C@@H](N)C(=O)O)c2)cnn1C. The van der Waals surface area contributed by atoms with Crippen molar-refractivity contribution in [3.05, 3.63) is 41.5 Å². The minimum Gasteiger partial charge on any atom is -0.480 e. The summed E-state index contributed by atoms with van der Waals surface area (Å²) in [5.74, 6) is -2.38. The number of nitrogens with two attached hydrogens (primary N) is 1. The van der Waals surface area contributed by atoms with Crippen LogP contribution in [-0.4, -0.2) is 39.4 Å². The van der Waals surface area contributed by atoms with Crippen LogP contribution in [0.1, 0.15) is 23.0 Å². The van der Waals surface area contributed by atoms with Crippen LogP contribution >= 0.6 is 0 Å². The molecular weight excluding hydrogens is 315 g/mol. The van der Waals surface area contributed by atoms with Crippen molar-refractivity contribution in [2.24, 2.45) is 12.8 Å². The lowest BCUT2D eigenvalue weighted by molar-refractivity contribution is -0.138. The van der Waals surface area contributed by atoms with Gasteiger partial charge in [0.1, 0.15) is 11.9 Å². The van der Waals surface area contributed by atoms with E-state index in [2.05, 4.69) is 10.4 Å². The molecule has 1 aromatic heterocycles. The predicted octanol–water partition coefficient (Wildman–Crippen LogP) is 0.930. The zero-order valence-corrected chi connectivity index (χ0v) is 13.4. The van der Waals surface area contributed by atoms with Crippen molar-refractivity contribution in [2.45, 2.75) is 19.4 Å². The van der Waals surface area contributed by atoms with Gasteiger partial charge in [-0.3, -0.25) is 14.3 Å². The van der Waals surface area contributed by atoms with E-state index in [1.54, 1.807) is 24.0 Å². The number of nitrogens with zero attached hydrogens (tertiary/aromatic N) is 2. The first-order valence-electron chi connectivity index (χ1n) is 7.42. The lowest BCUT2D eigenvalue weighted by Gasteiger charge is -2.10. The summed E-state index contributed by atoms with van der Waals surface area (Å²) in [6.45, 7) is 1.72. The Hall–Kier alpha value is -2.74. The third-order valence-corrected chi connectivity index (χ3v) is 3.67. The third kappa shape index (κ3) is 3.77. The van der Waals surface area contributed by atoms with Crippen LogP contribution in [0.5, 0.6) is 0 Å². The molecule has 1 amide bonds. The number of hydrogen-bond donors (Lipinski definition) is 3. The maximum absolute atomic E-state index is 13.9. The van der Waals surface area contributed by atoms with Crippen LogP contribution in [0.4, 0.5) is 4.39 Å². The van der Waals surface area contributed by atoms with Crippen LogP contribution < -0.4 is 11.1 Å². The molecule has 4 N–H and O–H groups in total. The van der Waals surface area contributed by atoms with Gasteiger partial charge < -0.3 is 16.2 Å². The topological polar surface area (TPSA) is 110 Å². The molecule has 128 valence electrons. The maximum atomic E-state index is 13.9. The normalized spacial score (nSPS) is 12.0. The number of aryl methyl sites for hydroxylation is 1. The Balaban J connectivity index is 2.28. The fourth-order valence-corrected chi connectivity index (χ4v) is 2.39. The predicted molar refractivity (Wildman–Crippen MR) is 85.9 cm³/mol. The molecule has 1 aromatic carbocycles. The summed E-state index contributed by atoms with van der Waals surface area (Å²) in [6, 6.07) is 2.75. The summed E-state index contributed by atoms with van der Waals surface area (Å²) in [6.07, 6.45) is 2.33. The second-order valence-electron chi connectivity index (χ2n) is 5.37. The van der Waals surface area contributed by atoms with Crippen molar-refractivity contribution in [2.75, 3.05) is 6.54 Å². The van der Waals surface area contributed by atoms with Crippen LogP contribution in [0.25, 0.3) is 11.1 Å². The summed E-state index contributed by atoms with van der Waals surface area (Å²) in [5.41, 5.74) is 7.62. The van der Waals surface area contributed by atoms with Gasteiger partial charge in [-0.2, -0.15) is 5.10 Å². The highest BCUT2D eigenvalue weighted by Crippen LogP contribution is 2.25. The summed E-state index contributed by atoms with van der Waals surface area (Å²) >= 11 is 0. The van der Waals surface area contributed by atoms with Crippen molar-refractivity contribution in [1.29, 1.82) is 0 Å². The molecule has 0 saturated heterocycles. The number of carboxylic acids is 1. The quantitative estimate of drug-likeness (QED) is 0.728. The van der Waals surface area contributed by atoms with Crippen LogP contribution in [0.15, 0.2) is 24.4 Å². The highest BCUT2D eigenvalue weighted by atomic mass is 19.1. The Morgan fingerprint density at radius 2 is 2.12 bits per heavy atom. The maximum Gasteiger partial charge on any atom is 0.322 e. The number of halogens is 1. The van der Waals surface area contributed by atoms with E-state index in [9.17, 15) is 14.0 Å². The van der Waals surface area contributed by atoms with Gasteiger partial charge in [-0.1, -0.05) is 6.92 Å². The summed E-state index contributed by atoms with van der Waals surface area (Å²) < 4.78 is 15.6. The van der Waals surface area contributed by atoms with Crippen molar-refractivity contribution in [3.8, 4) is 11.1 Å². The van der Waals surface area contributed by atoms with Gasteiger partial charge in [0.05, 0.1) is 6.20 Å². The van der Waals surface area contributed by atoms with Crippen LogP contribution in [0.2, 0.25) is 0 Å². The number of carbonyl (C=O) groups is 2. The lowest BCUT2D eigenvalue weighted by Crippen LogP contribution is -2.42. The zero-order chi connectivity index (χ0) is 17.9. The van der Waals surface area contributed by atoms with Crippen molar-refractivity contribution in [1.82, 2.24) is 15.1 Å². The Labute approximate surface area is 138 Å². The molecule has 2 aromatic rings. The van der Waals surface area contributed by atoms with E-state index in [0.29, 0.717) is 12.0 Å². The smallest absolute Gasteiger partial charge is 0.322 e. The molecule has 0 aliphatic carbocycles. The minimum atomic E-state index is -1.22. The zero-order valence-electron chi connectivity index (χ0n) is 13.4. The minimum absolute atomic E-state index is 0.0912. The molecule has 0 bridgehead atoms. The van der Waals surface area contributed by atoms with Gasteiger partial charge in [-0.15, -0.1) is 0 Å². The number of aromatic nitrogens is 2. The van der Waals surface area contributed by atoms with E-state index in [1.807, 2.05) is 6.92 Å². The first-order chi connectivity index (χ1) is 11.3. The van der Waals surface area contributed by atoms with Gasteiger partial charge in [-0.05, 0) is 30.2 Å². The fraction of sp³-hybridized carbons (Fsp3) is 0.312. The number of nitrogens with one attached hydrogen (secondary N) is 1. The standard InChI is InChI=1S/C16H19FN4O3/c1-3-14-12(7-20-21(14)2)9-4-10(6-11(17)5-9)15(22)19-8-13(18)16(23)24/h4-7,13H,3,8,18H2,1-2H3,(H,19,22)(H,23,24)/t13-/m1/s1. The molecule has 1 heterocycles.